The molecule has 96 valence electrons. The largest absolute Gasteiger partial charge is 0.383 e. The van der Waals surface area contributed by atoms with E-state index in [1.165, 1.54) is 19.3 Å². The number of nitrogens with zero attached hydrogens (tertiary/aromatic N) is 2. The molecule has 1 heterocycles. The molecule has 1 aliphatic carbocycles. The lowest BCUT2D eigenvalue weighted by Crippen LogP contribution is -2.19. The number of aromatic nitrogens is 2. The van der Waals surface area contributed by atoms with E-state index in [9.17, 15) is 0 Å². The van der Waals surface area contributed by atoms with E-state index in [2.05, 4.69) is 28.0 Å². The van der Waals surface area contributed by atoms with Crippen LogP contribution in [0.4, 0.5) is 5.95 Å². The molecular weight excluding hydrogens is 214 g/mol. The normalized spacial score (nSPS) is 17.1. The summed E-state index contributed by atoms with van der Waals surface area (Å²) in [5, 5.41) is 3.51. The fourth-order valence-electron chi connectivity index (χ4n) is 2.15. The highest BCUT2D eigenvalue weighted by Crippen LogP contribution is 2.33. The quantitative estimate of drug-likeness (QED) is 0.791. The molecule has 4 heteroatoms. The Hall–Kier alpha value is -1.03. The third kappa shape index (κ3) is 3.73. The van der Waals surface area contributed by atoms with Crippen LogP contribution in [0.5, 0.6) is 0 Å². The molecule has 0 aromatic carbocycles. The topological polar surface area (TPSA) is 39.1 Å². The van der Waals surface area contributed by atoms with Crippen LogP contribution in [0.2, 0.25) is 0 Å². The van der Waals surface area contributed by atoms with Crippen molar-refractivity contribution in [2.45, 2.75) is 45.7 Å². The van der Waals surface area contributed by atoms with Crippen molar-refractivity contribution in [2.75, 3.05) is 19.0 Å². The Labute approximate surface area is 103 Å². The third-order valence-corrected chi connectivity index (χ3v) is 3.19. The van der Waals surface area contributed by atoms with Gasteiger partial charge in [-0.3, -0.25) is 0 Å². The Bertz CT molecular complexity index is 358. The van der Waals surface area contributed by atoms with Gasteiger partial charge in [-0.1, -0.05) is 12.8 Å². The third-order valence-electron chi connectivity index (χ3n) is 3.19. The van der Waals surface area contributed by atoms with Crippen LogP contribution in [0.15, 0.2) is 6.20 Å². The first kappa shape index (κ1) is 12.4. The highest BCUT2D eigenvalue weighted by atomic mass is 16.5. The Kier molecular flexibility index (Phi) is 4.05. The maximum atomic E-state index is 5.11. The van der Waals surface area contributed by atoms with Crippen molar-refractivity contribution in [2.24, 2.45) is 5.92 Å². The Morgan fingerprint density at radius 3 is 3.00 bits per heavy atom. The zero-order valence-corrected chi connectivity index (χ0v) is 11.1. The maximum absolute atomic E-state index is 5.11. The molecular formula is C13H23N3O. The lowest BCUT2D eigenvalue weighted by Gasteiger charge is -2.15. The summed E-state index contributed by atoms with van der Waals surface area (Å²) in [5.74, 6) is 1.92. The number of methoxy groups -OCH3 is 1. The average Bonchev–Trinajstić information content (AvgIpc) is 3.00. The summed E-state index contributed by atoms with van der Waals surface area (Å²) in [5.41, 5.74) is 1.06. The van der Waals surface area contributed by atoms with Gasteiger partial charge in [0.05, 0.1) is 12.3 Å². The minimum absolute atomic E-state index is 0.505. The van der Waals surface area contributed by atoms with Gasteiger partial charge in [-0.15, -0.1) is 0 Å². The zero-order valence-electron chi connectivity index (χ0n) is 11.1. The van der Waals surface area contributed by atoms with Crippen molar-refractivity contribution >= 4 is 5.95 Å². The van der Waals surface area contributed by atoms with Crippen LogP contribution in [0.1, 0.15) is 31.9 Å². The Balaban J connectivity index is 1.92. The number of nitrogens with one attached hydrogen (secondary N) is 1. The van der Waals surface area contributed by atoms with E-state index >= 15 is 0 Å². The van der Waals surface area contributed by atoms with Gasteiger partial charge in [0, 0.05) is 25.9 Å². The van der Waals surface area contributed by atoms with Crippen molar-refractivity contribution in [3.05, 3.63) is 11.9 Å². The van der Waals surface area contributed by atoms with Crippen LogP contribution in [0.25, 0.3) is 0 Å². The first-order chi connectivity index (χ1) is 8.19. The molecule has 1 aromatic heterocycles. The van der Waals surface area contributed by atoms with Crippen molar-refractivity contribution in [1.29, 1.82) is 0 Å². The van der Waals surface area contributed by atoms with E-state index in [-0.39, 0.29) is 0 Å². The number of aryl methyl sites for hydroxylation is 1. The van der Waals surface area contributed by atoms with Gasteiger partial charge >= 0.3 is 0 Å². The monoisotopic (exact) mass is 237 g/mol. The first-order valence-corrected chi connectivity index (χ1v) is 6.48. The number of ether oxygens (including phenoxy) is 1. The predicted octanol–water partition coefficient (Wildman–Crippen LogP) is 2.44. The van der Waals surface area contributed by atoms with E-state index in [0.717, 1.165) is 30.7 Å². The number of hydrogen-bond donors (Lipinski definition) is 1. The standard InChI is InChI=1S/C13H23N3O/c1-10(8-12-4-5-12)14-13-15-11(2)9-16(13)6-7-17-3/h9-10,12H,4-8H2,1-3H3,(H,14,15). The summed E-state index contributed by atoms with van der Waals surface area (Å²) >= 11 is 0. The molecule has 1 fully saturated rings. The lowest BCUT2D eigenvalue weighted by molar-refractivity contribution is 0.187. The number of hydrogen-bond acceptors (Lipinski definition) is 3. The van der Waals surface area contributed by atoms with Crippen molar-refractivity contribution in [3.63, 3.8) is 0 Å². The second-order valence-electron chi connectivity index (χ2n) is 5.12. The minimum atomic E-state index is 0.505. The first-order valence-electron chi connectivity index (χ1n) is 6.48. The predicted molar refractivity (Wildman–Crippen MR) is 69.3 cm³/mol. The second-order valence-corrected chi connectivity index (χ2v) is 5.12. The number of rotatable bonds is 7. The van der Waals surface area contributed by atoms with Gasteiger partial charge in [0.25, 0.3) is 0 Å². The minimum Gasteiger partial charge on any atom is -0.383 e. The van der Waals surface area contributed by atoms with Gasteiger partial charge in [-0.05, 0) is 26.2 Å². The molecule has 17 heavy (non-hydrogen) atoms. The van der Waals surface area contributed by atoms with Gasteiger partial charge in [0.1, 0.15) is 0 Å². The van der Waals surface area contributed by atoms with Crippen LogP contribution >= 0.6 is 0 Å². The van der Waals surface area contributed by atoms with Gasteiger partial charge in [-0.25, -0.2) is 4.98 Å². The van der Waals surface area contributed by atoms with E-state index in [4.69, 9.17) is 4.74 Å². The summed E-state index contributed by atoms with van der Waals surface area (Å²) < 4.78 is 7.25. The average molecular weight is 237 g/mol. The van der Waals surface area contributed by atoms with Crippen LogP contribution < -0.4 is 5.32 Å². The second kappa shape index (κ2) is 5.54. The zero-order chi connectivity index (χ0) is 12.3. The molecule has 0 amide bonds. The number of imidazole rings is 1. The van der Waals surface area contributed by atoms with Crippen LogP contribution in [0.3, 0.4) is 0 Å². The summed E-state index contributed by atoms with van der Waals surface area (Å²) in [6.45, 7) is 5.85. The van der Waals surface area contributed by atoms with E-state index < -0.39 is 0 Å². The van der Waals surface area contributed by atoms with Crippen LogP contribution in [0, 0.1) is 12.8 Å². The van der Waals surface area contributed by atoms with Crippen LogP contribution in [-0.2, 0) is 11.3 Å². The summed E-state index contributed by atoms with van der Waals surface area (Å²) in [6.07, 6.45) is 6.15. The van der Waals surface area contributed by atoms with E-state index in [1.54, 1.807) is 7.11 Å². The molecule has 1 aliphatic rings. The summed E-state index contributed by atoms with van der Waals surface area (Å²) in [7, 11) is 1.73. The van der Waals surface area contributed by atoms with Gasteiger partial charge in [0.15, 0.2) is 0 Å². The Morgan fingerprint density at radius 2 is 2.35 bits per heavy atom. The van der Waals surface area contributed by atoms with Gasteiger partial charge < -0.3 is 14.6 Å². The molecule has 0 aliphatic heterocycles. The molecule has 0 bridgehead atoms. The molecule has 1 aromatic rings. The van der Waals surface area contributed by atoms with Gasteiger partial charge in [0.2, 0.25) is 5.95 Å². The van der Waals surface area contributed by atoms with Crippen molar-refractivity contribution in [3.8, 4) is 0 Å². The highest BCUT2D eigenvalue weighted by molar-refractivity contribution is 5.30. The maximum Gasteiger partial charge on any atom is 0.203 e. The van der Waals surface area contributed by atoms with E-state index in [0.29, 0.717) is 6.04 Å². The lowest BCUT2D eigenvalue weighted by atomic mass is 10.2. The van der Waals surface area contributed by atoms with Crippen molar-refractivity contribution < 1.29 is 4.74 Å². The molecule has 0 spiro atoms. The SMILES string of the molecule is COCCn1cc(C)nc1NC(C)CC1CC1. The fraction of sp³-hybridized carbons (Fsp3) is 0.769. The van der Waals surface area contributed by atoms with E-state index in [1.807, 2.05) is 6.92 Å². The Morgan fingerprint density at radius 1 is 1.59 bits per heavy atom. The smallest absolute Gasteiger partial charge is 0.203 e. The molecule has 0 saturated heterocycles. The molecule has 1 N–H and O–H groups in total. The molecule has 4 nitrogen and oxygen atoms in total. The van der Waals surface area contributed by atoms with Gasteiger partial charge in [-0.2, -0.15) is 0 Å². The van der Waals surface area contributed by atoms with Crippen molar-refractivity contribution in [1.82, 2.24) is 9.55 Å². The molecule has 2 rings (SSSR count). The fourth-order valence-corrected chi connectivity index (χ4v) is 2.15. The summed E-state index contributed by atoms with van der Waals surface area (Å²) in [4.78, 5) is 4.53. The molecule has 1 atom stereocenters. The molecule has 1 saturated carbocycles. The van der Waals surface area contributed by atoms with Crippen LogP contribution in [-0.4, -0.2) is 29.3 Å². The molecule has 0 radical (unpaired) electrons. The summed E-state index contributed by atoms with van der Waals surface area (Å²) in [6, 6.07) is 0.505. The highest BCUT2D eigenvalue weighted by Gasteiger charge is 2.24. The molecule has 1 unspecified atom stereocenters. The number of anilines is 1.